The van der Waals surface area contributed by atoms with Gasteiger partial charge in [0.2, 0.25) is 0 Å². The molecule has 0 amide bonds. The van der Waals surface area contributed by atoms with Gasteiger partial charge in [0.15, 0.2) is 0 Å². The Hall–Kier alpha value is 0.360. The van der Waals surface area contributed by atoms with Gasteiger partial charge in [-0.15, -0.1) is 0 Å². The van der Waals surface area contributed by atoms with E-state index >= 15 is 0 Å². The van der Waals surface area contributed by atoms with Gasteiger partial charge in [-0.3, -0.25) is 0 Å². The first-order valence-corrected chi connectivity index (χ1v) is 8.57. The van der Waals surface area contributed by atoms with Crippen molar-refractivity contribution >= 4 is 15.9 Å². The van der Waals surface area contributed by atoms with Crippen LogP contribution in [0.25, 0.3) is 0 Å². The summed E-state index contributed by atoms with van der Waals surface area (Å²) in [6.07, 6.45) is 5.82. The van der Waals surface area contributed by atoms with Gasteiger partial charge in [0, 0.05) is 31.1 Å². The Labute approximate surface area is 127 Å². The highest BCUT2D eigenvalue weighted by Crippen LogP contribution is 2.32. The summed E-state index contributed by atoms with van der Waals surface area (Å²) in [4.78, 5) is 0. The zero-order valence-corrected chi connectivity index (χ0v) is 14.5. The van der Waals surface area contributed by atoms with Crippen LogP contribution in [0.3, 0.4) is 0 Å². The van der Waals surface area contributed by atoms with Crippen molar-refractivity contribution in [3.63, 3.8) is 0 Å². The van der Waals surface area contributed by atoms with E-state index in [9.17, 15) is 0 Å². The molecule has 0 fully saturated rings. The maximum Gasteiger partial charge on any atom is 0.0700 e. The number of rotatable bonds is 14. The molecule has 0 atom stereocenters. The van der Waals surface area contributed by atoms with Crippen LogP contribution in [0.15, 0.2) is 0 Å². The summed E-state index contributed by atoms with van der Waals surface area (Å²) < 4.78 is 16.3. The van der Waals surface area contributed by atoms with Gasteiger partial charge in [-0.05, 0) is 19.3 Å². The molecule has 0 saturated heterocycles. The van der Waals surface area contributed by atoms with Crippen molar-refractivity contribution in [2.24, 2.45) is 5.41 Å². The molecule has 116 valence electrons. The van der Waals surface area contributed by atoms with Crippen molar-refractivity contribution < 1.29 is 14.2 Å². The Morgan fingerprint density at radius 1 is 0.895 bits per heavy atom. The topological polar surface area (TPSA) is 27.7 Å². The van der Waals surface area contributed by atoms with Gasteiger partial charge in [-0.25, -0.2) is 0 Å². The van der Waals surface area contributed by atoms with Crippen molar-refractivity contribution in [1.82, 2.24) is 0 Å². The number of hydrogen-bond acceptors (Lipinski definition) is 3. The number of hydrogen-bond donors (Lipinski definition) is 0. The molecule has 0 aliphatic heterocycles. The van der Waals surface area contributed by atoms with E-state index in [1.165, 1.54) is 25.7 Å². The van der Waals surface area contributed by atoms with E-state index in [1.807, 2.05) is 0 Å². The van der Waals surface area contributed by atoms with E-state index in [-0.39, 0.29) is 0 Å². The molecule has 4 heteroatoms. The highest BCUT2D eigenvalue weighted by atomic mass is 79.9. The van der Waals surface area contributed by atoms with Crippen LogP contribution in [0.4, 0.5) is 0 Å². The Morgan fingerprint density at radius 3 is 2.05 bits per heavy atom. The first-order chi connectivity index (χ1) is 9.24. The number of methoxy groups -OCH3 is 1. The summed E-state index contributed by atoms with van der Waals surface area (Å²) in [6, 6.07) is 0. The molecule has 0 saturated carbocycles. The Kier molecular flexibility index (Phi) is 13.6. The van der Waals surface area contributed by atoms with Gasteiger partial charge >= 0.3 is 0 Å². The molecule has 0 N–H and O–H groups in total. The van der Waals surface area contributed by atoms with Crippen LogP contribution in [0.2, 0.25) is 0 Å². The molecule has 0 heterocycles. The van der Waals surface area contributed by atoms with E-state index in [0.29, 0.717) is 18.6 Å². The summed E-state index contributed by atoms with van der Waals surface area (Å²) in [5.41, 5.74) is 0.305. The van der Waals surface area contributed by atoms with Gasteiger partial charge in [0.25, 0.3) is 0 Å². The average Bonchev–Trinajstić information content (AvgIpc) is 2.42. The van der Waals surface area contributed by atoms with Crippen molar-refractivity contribution in [3.05, 3.63) is 0 Å². The fraction of sp³-hybridized carbons (Fsp3) is 1.00. The smallest absolute Gasteiger partial charge is 0.0700 e. The standard InChI is InChI=1S/C15H31BrO3/c1-4-7-15(13-16,8-5-2)14-19-12-11-18-10-6-9-17-3/h4-14H2,1-3H3. The second kappa shape index (κ2) is 13.3. The van der Waals surface area contributed by atoms with Gasteiger partial charge in [0.05, 0.1) is 19.8 Å². The average molecular weight is 339 g/mol. The van der Waals surface area contributed by atoms with Crippen LogP contribution >= 0.6 is 15.9 Å². The monoisotopic (exact) mass is 338 g/mol. The second-order valence-electron chi connectivity index (χ2n) is 5.14. The zero-order valence-electron chi connectivity index (χ0n) is 12.9. The van der Waals surface area contributed by atoms with E-state index in [1.54, 1.807) is 7.11 Å². The molecule has 0 aromatic rings. The van der Waals surface area contributed by atoms with Crippen LogP contribution in [0, 0.1) is 5.41 Å². The van der Waals surface area contributed by atoms with Crippen LogP contribution < -0.4 is 0 Å². The molecule has 0 aromatic carbocycles. The van der Waals surface area contributed by atoms with E-state index in [0.717, 1.165) is 31.6 Å². The Balaban J connectivity index is 3.68. The fourth-order valence-corrected chi connectivity index (χ4v) is 3.04. The van der Waals surface area contributed by atoms with Crippen molar-refractivity contribution in [1.29, 1.82) is 0 Å². The third-order valence-electron chi connectivity index (χ3n) is 3.26. The molecule has 0 aromatic heterocycles. The molecule has 19 heavy (non-hydrogen) atoms. The molecule has 0 spiro atoms. The first kappa shape index (κ1) is 19.4. The van der Waals surface area contributed by atoms with Crippen molar-refractivity contribution in [2.45, 2.75) is 46.0 Å². The molecular formula is C15H31BrO3. The highest BCUT2D eigenvalue weighted by molar-refractivity contribution is 9.09. The Bertz CT molecular complexity index is 182. The molecule has 3 nitrogen and oxygen atoms in total. The molecule has 0 rings (SSSR count). The van der Waals surface area contributed by atoms with Crippen LogP contribution in [-0.2, 0) is 14.2 Å². The predicted octanol–water partition coefficient (Wildman–Crippen LogP) is 4.04. The van der Waals surface area contributed by atoms with E-state index in [2.05, 4.69) is 29.8 Å². The molecule has 0 aliphatic carbocycles. The number of halogens is 1. The van der Waals surface area contributed by atoms with Crippen LogP contribution in [0.1, 0.15) is 46.0 Å². The quantitative estimate of drug-likeness (QED) is 0.353. The van der Waals surface area contributed by atoms with Crippen molar-refractivity contribution in [2.75, 3.05) is 45.5 Å². The predicted molar refractivity (Wildman–Crippen MR) is 84.2 cm³/mol. The van der Waals surface area contributed by atoms with Gasteiger partial charge in [0.1, 0.15) is 0 Å². The third kappa shape index (κ3) is 9.83. The zero-order chi connectivity index (χ0) is 14.4. The molecule has 0 unspecified atom stereocenters. The first-order valence-electron chi connectivity index (χ1n) is 7.45. The summed E-state index contributed by atoms with van der Waals surface area (Å²) in [7, 11) is 1.71. The normalized spacial score (nSPS) is 12.0. The maximum absolute atomic E-state index is 5.82. The van der Waals surface area contributed by atoms with Gasteiger partial charge < -0.3 is 14.2 Å². The largest absolute Gasteiger partial charge is 0.385 e. The van der Waals surface area contributed by atoms with Crippen molar-refractivity contribution in [3.8, 4) is 0 Å². The number of ether oxygens (including phenoxy) is 3. The lowest BCUT2D eigenvalue weighted by molar-refractivity contribution is 0.00280. The SMILES string of the molecule is CCCC(CBr)(CCC)COCCOCCCOC. The summed E-state index contributed by atoms with van der Waals surface area (Å²) in [6.45, 7) is 8.21. The minimum Gasteiger partial charge on any atom is -0.385 e. The lowest BCUT2D eigenvalue weighted by Crippen LogP contribution is -2.29. The van der Waals surface area contributed by atoms with E-state index < -0.39 is 0 Å². The Morgan fingerprint density at radius 2 is 1.53 bits per heavy atom. The minimum atomic E-state index is 0.305. The lowest BCUT2D eigenvalue weighted by Gasteiger charge is -2.31. The molecule has 0 radical (unpaired) electrons. The molecule has 0 aliphatic rings. The van der Waals surface area contributed by atoms with Gasteiger partial charge in [-0.1, -0.05) is 42.6 Å². The molecule has 0 bridgehead atoms. The van der Waals surface area contributed by atoms with E-state index in [4.69, 9.17) is 14.2 Å². The minimum absolute atomic E-state index is 0.305. The van der Waals surface area contributed by atoms with Gasteiger partial charge in [-0.2, -0.15) is 0 Å². The summed E-state index contributed by atoms with van der Waals surface area (Å²) in [5.74, 6) is 0. The second-order valence-corrected chi connectivity index (χ2v) is 5.71. The summed E-state index contributed by atoms with van der Waals surface area (Å²) in [5, 5.41) is 1.02. The lowest BCUT2D eigenvalue weighted by atomic mass is 9.82. The maximum atomic E-state index is 5.82. The molecular weight excluding hydrogens is 308 g/mol. The number of alkyl halides is 1. The van der Waals surface area contributed by atoms with Crippen LogP contribution in [-0.4, -0.2) is 45.5 Å². The fourth-order valence-electron chi connectivity index (χ4n) is 2.32. The van der Waals surface area contributed by atoms with Crippen LogP contribution in [0.5, 0.6) is 0 Å². The highest BCUT2D eigenvalue weighted by Gasteiger charge is 2.27. The summed E-state index contributed by atoms with van der Waals surface area (Å²) >= 11 is 3.66. The third-order valence-corrected chi connectivity index (χ3v) is 4.45.